The topological polar surface area (TPSA) is 21.3 Å². The molecule has 112 valence electrons. The molecule has 0 aliphatic heterocycles. The first-order chi connectivity index (χ1) is 10.2. The lowest BCUT2D eigenvalue weighted by Gasteiger charge is -2.19. The van der Waals surface area contributed by atoms with Crippen LogP contribution in [0.2, 0.25) is 5.02 Å². The summed E-state index contributed by atoms with van der Waals surface area (Å²) >= 11 is 6.14. The maximum Gasteiger partial charge on any atom is 0.122 e. The van der Waals surface area contributed by atoms with E-state index in [0.717, 1.165) is 30.3 Å². The molecule has 2 nitrogen and oxygen atoms in total. The number of nitrogens with one attached hydrogen (secondary N) is 1. The molecule has 3 heteroatoms. The van der Waals surface area contributed by atoms with Gasteiger partial charge in [-0.25, -0.2) is 0 Å². The van der Waals surface area contributed by atoms with Crippen molar-refractivity contribution >= 4 is 11.6 Å². The van der Waals surface area contributed by atoms with Crippen molar-refractivity contribution < 1.29 is 4.74 Å². The monoisotopic (exact) mass is 303 g/mol. The van der Waals surface area contributed by atoms with Crippen molar-refractivity contribution in [1.29, 1.82) is 0 Å². The summed E-state index contributed by atoms with van der Waals surface area (Å²) in [7, 11) is 1.72. The summed E-state index contributed by atoms with van der Waals surface area (Å²) in [5.41, 5.74) is 2.48. The number of ether oxygens (including phenoxy) is 1. The van der Waals surface area contributed by atoms with Gasteiger partial charge in [0.15, 0.2) is 0 Å². The Labute approximate surface area is 132 Å². The molecule has 0 fully saturated rings. The fraction of sp³-hybridized carbons (Fsp3) is 0.333. The third kappa shape index (κ3) is 4.48. The van der Waals surface area contributed by atoms with E-state index in [1.807, 2.05) is 24.3 Å². The molecule has 0 heterocycles. The van der Waals surface area contributed by atoms with Crippen LogP contribution in [-0.2, 0) is 6.42 Å². The van der Waals surface area contributed by atoms with Crippen LogP contribution in [0.5, 0.6) is 5.75 Å². The second-order valence-corrected chi connectivity index (χ2v) is 5.51. The normalized spacial score (nSPS) is 12.1. The van der Waals surface area contributed by atoms with Crippen LogP contribution in [0.3, 0.4) is 0 Å². The number of likely N-dealkylation sites (N-methyl/N-ethyl adjacent to an activating group) is 1. The van der Waals surface area contributed by atoms with E-state index in [9.17, 15) is 0 Å². The van der Waals surface area contributed by atoms with E-state index in [0.29, 0.717) is 5.92 Å². The van der Waals surface area contributed by atoms with Crippen LogP contribution in [0, 0.1) is 0 Å². The van der Waals surface area contributed by atoms with Gasteiger partial charge in [0.05, 0.1) is 7.11 Å². The summed E-state index contributed by atoms with van der Waals surface area (Å²) < 4.78 is 5.46. The Morgan fingerprint density at radius 3 is 2.67 bits per heavy atom. The molecule has 0 aliphatic carbocycles. The molecule has 21 heavy (non-hydrogen) atoms. The Bertz CT molecular complexity index is 571. The minimum atomic E-state index is 0.375. The molecule has 0 saturated carbocycles. The summed E-state index contributed by atoms with van der Waals surface area (Å²) in [6.45, 7) is 4.01. The SMILES string of the molecule is CCNCC(Cc1ccccc1OC)c1cccc(Cl)c1. The van der Waals surface area contributed by atoms with Gasteiger partial charge >= 0.3 is 0 Å². The molecule has 0 aliphatic rings. The van der Waals surface area contributed by atoms with Crippen LogP contribution in [0.4, 0.5) is 0 Å². The fourth-order valence-electron chi connectivity index (χ4n) is 2.52. The maximum atomic E-state index is 6.14. The lowest BCUT2D eigenvalue weighted by atomic mass is 9.91. The predicted molar refractivity (Wildman–Crippen MR) is 89.4 cm³/mol. The van der Waals surface area contributed by atoms with Crippen LogP contribution in [0.25, 0.3) is 0 Å². The number of methoxy groups -OCH3 is 1. The van der Waals surface area contributed by atoms with Gasteiger partial charge in [-0.05, 0) is 42.3 Å². The Morgan fingerprint density at radius 2 is 1.95 bits per heavy atom. The number of hydrogen-bond donors (Lipinski definition) is 1. The Morgan fingerprint density at radius 1 is 1.14 bits per heavy atom. The maximum absolute atomic E-state index is 6.14. The lowest BCUT2D eigenvalue weighted by molar-refractivity contribution is 0.407. The lowest BCUT2D eigenvalue weighted by Crippen LogP contribution is -2.22. The van der Waals surface area contributed by atoms with E-state index in [1.165, 1.54) is 11.1 Å². The number of benzene rings is 2. The van der Waals surface area contributed by atoms with Gasteiger partial charge in [-0.2, -0.15) is 0 Å². The zero-order valence-corrected chi connectivity index (χ0v) is 13.4. The van der Waals surface area contributed by atoms with Crippen LogP contribution in [-0.4, -0.2) is 20.2 Å². The third-order valence-electron chi connectivity index (χ3n) is 3.62. The van der Waals surface area contributed by atoms with Gasteiger partial charge in [0.25, 0.3) is 0 Å². The van der Waals surface area contributed by atoms with Gasteiger partial charge in [-0.1, -0.05) is 48.9 Å². The molecule has 1 atom stereocenters. The third-order valence-corrected chi connectivity index (χ3v) is 3.85. The molecular formula is C18H22ClNO. The first-order valence-electron chi connectivity index (χ1n) is 7.32. The Balaban J connectivity index is 2.24. The van der Waals surface area contributed by atoms with Gasteiger partial charge in [0.1, 0.15) is 5.75 Å². The van der Waals surface area contributed by atoms with Crippen molar-refractivity contribution in [3.8, 4) is 5.75 Å². The van der Waals surface area contributed by atoms with E-state index in [-0.39, 0.29) is 0 Å². The molecule has 0 radical (unpaired) electrons. The van der Waals surface area contributed by atoms with E-state index >= 15 is 0 Å². The number of halogens is 1. The van der Waals surface area contributed by atoms with Gasteiger partial charge in [-0.15, -0.1) is 0 Å². The molecule has 0 amide bonds. The largest absolute Gasteiger partial charge is 0.496 e. The molecule has 0 saturated heterocycles. The summed E-state index contributed by atoms with van der Waals surface area (Å²) in [5, 5.41) is 4.23. The molecule has 1 unspecified atom stereocenters. The van der Waals surface area contributed by atoms with Gasteiger partial charge in [0.2, 0.25) is 0 Å². The van der Waals surface area contributed by atoms with Crippen molar-refractivity contribution in [2.24, 2.45) is 0 Å². The summed E-state index contributed by atoms with van der Waals surface area (Å²) in [6.07, 6.45) is 0.928. The average molecular weight is 304 g/mol. The standard InChI is InChI=1S/C18H22ClNO/c1-3-20-13-16(14-8-6-9-17(19)12-14)11-15-7-4-5-10-18(15)21-2/h4-10,12,16,20H,3,11,13H2,1-2H3. The summed E-state index contributed by atoms with van der Waals surface area (Å²) in [4.78, 5) is 0. The van der Waals surface area contributed by atoms with E-state index in [1.54, 1.807) is 7.11 Å². The van der Waals surface area contributed by atoms with Crippen LogP contribution < -0.4 is 10.1 Å². The number of para-hydroxylation sites is 1. The van der Waals surface area contributed by atoms with Crippen LogP contribution in [0.15, 0.2) is 48.5 Å². The molecular weight excluding hydrogens is 282 g/mol. The first kappa shape index (κ1) is 15.9. The highest BCUT2D eigenvalue weighted by molar-refractivity contribution is 6.30. The van der Waals surface area contributed by atoms with Crippen LogP contribution >= 0.6 is 11.6 Å². The van der Waals surface area contributed by atoms with E-state index < -0.39 is 0 Å². The first-order valence-corrected chi connectivity index (χ1v) is 7.70. The molecule has 0 spiro atoms. The van der Waals surface area contributed by atoms with E-state index in [2.05, 4.69) is 36.5 Å². The van der Waals surface area contributed by atoms with E-state index in [4.69, 9.17) is 16.3 Å². The van der Waals surface area contributed by atoms with Crippen molar-refractivity contribution in [2.75, 3.05) is 20.2 Å². The minimum Gasteiger partial charge on any atom is -0.496 e. The summed E-state index contributed by atoms with van der Waals surface area (Å²) in [5.74, 6) is 1.32. The van der Waals surface area contributed by atoms with Crippen molar-refractivity contribution in [3.05, 3.63) is 64.7 Å². The highest BCUT2D eigenvalue weighted by Crippen LogP contribution is 2.27. The van der Waals surface area contributed by atoms with Crippen molar-refractivity contribution in [3.63, 3.8) is 0 Å². The van der Waals surface area contributed by atoms with Crippen molar-refractivity contribution in [2.45, 2.75) is 19.3 Å². The number of rotatable bonds is 7. The average Bonchev–Trinajstić information content (AvgIpc) is 2.51. The zero-order valence-electron chi connectivity index (χ0n) is 12.6. The van der Waals surface area contributed by atoms with Gasteiger partial charge in [-0.3, -0.25) is 0 Å². The highest BCUT2D eigenvalue weighted by Gasteiger charge is 2.14. The molecule has 0 aromatic heterocycles. The Hall–Kier alpha value is -1.51. The van der Waals surface area contributed by atoms with Crippen molar-refractivity contribution in [1.82, 2.24) is 5.32 Å². The minimum absolute atomic E-state index is 0.375. The smallest absolute Gasteiger partial charge is 0.122 e. The summed E-state index contributed by atoms with van der Waals surface area (Å²) in [6, 6.07) is 16.3. The number of hydrogen-bond acceptors (Lipinski definition) is 2. The molecule has 2 aromatic carbocycles. The zero-order chi connectivity index (χ0) is 15.1. The van der Waals surface area contributed by atoms with Crippen LogP contribution in [0.1, 0.15) is 24.0 Å². The highest BCUT2D eigenvalue weighted by atomic mass is 35.5. The fourth-order valence-corrected chi connectivity index (χ4v) is 2.72. The van der Waals surface area contributed by atoms with Gasteiger partial charge < -0.3 is 10.1 Å². The molecule has 0 bridgehead atoms. The quantitative estimate of drug-likeness (QED) is 0.824. The molecule has 1 N–H and O–H groups in total. The second-order valence-electron chi connectivity index (χ2n) is 5.08. The predicted octanol–water partition coefficient (Wildman–Crippen LogP) is 4.28. The molecule has 2 aromatic rings. The second kappa shape index (κ2) is 8.06. The Kier molecular flexibility index (Phi) is 6.09. The molecule has 2 rings (SSSR count). The van der Waals surface area contributed by atoms with Gasteiger partial charge in [0, 0.05) is 17.5 Å².